The number of hydrogen-bond donors (Lipinski definition) is 1. The van der Waals surface area contributed by atoms with Crippen molar-refractivity contribution in [3.63, 3.8) is 0 Å². The zero-order valence-corrected chi connectivity index (χ0v) is 10.9. The van der Waals surface area contributed by atoms with E-state index in [0.717, 1.165) is 5.56 Å². The Morgan fingerprint density at radius 1 is 1.47 bits per heavy atom. The molecular weight excluding hydrogens is 249 g/mol. The van der Waals surface area contributed by atoms with E-state index in [9.17, 15) is 4.39 Å². The number of ether oxygens (including phenoxy) is 1. The van der Waals surface area contributed by atoms with Crippen LogP contribution in [-0.4, -0.2) is 23.8 Å². The summed E-state index contributed by atoms with van der Waals surface area (Å²) < 4.78 is 23.1. The van der Waals surface area contributed by atoms with Crippen LogP contribution in [0.2, 0.25) is 0 Å². The first kappa shape index (κ1) is 13.5. The maximum absolute atomic E-state index is 13.6. The van der Waals surface area contributed by atoms with Crippen molar-refractivity contribution >= 4 is 0 Å². The second-order valence-electron chi connectivity index (χ2n) is 4.17. The number of nitrogens with one attached hydrogen (secondary N) is 1. The molecule has 5 nitrogen and oxygen atoms in total. The second kappa shape index (κ2) is 6.29. The van der Waals surface area contributed by atoms with E-state index in [1.54, 1.807) is 6.07 Å². The van der Waals surface area contributed by atoms with Gasteiger partial charge in [0.1, 0.15) is 0 Å². The fourth-order valence-electron chi connectivity index (χ4n) is 1.77. The first-order valence-corrected chi connectivity index (χ1v) is 6.02. The number of rotatable bonds is 6. The van der Waals surface area contributed by atoms with Crippen molar-refractivity contribution < 1.29 is 13.7 Å². The van der Waals surface area contributed by atoms with Gasteiger partial charge in [0.15, 0.2) is 17.4 Å². The van der Waals surface area contributed by atoms with Crippen LogP contribution in [-0.2, 0) is 6.42 Å². The van der Waals surface area contributed by atoms with Gasteiger partial charge >= 0.3 is 0 Å². The highest BCUT2D eigenvalue weighted by Crippen LogP contribution is 2.21. The first-order chi connectivity index (χ1) is 9.20. The van der Waals surface area contributed by atoms with Crippen LogP contribution in [0.4, 0.5) is 4.39 Å². The minimum atomic E-state index is -0.355. The normalized spacial score (nSPS) is 12.4. The van der Waals surface area contributed by atoms with Crippen molar-refractivity contribution in [2.24, 2.45) is 0 Å². The second-order valence-corrected chi connectivity index (χ2v) is 4.17. The molecule has 1 unspecified atom stereocenters. The molecule has 2 rings (SSSR count). The largest absolute Gasteiger partial charge is 0.494 e. The van der Waals surface area contributed by atoms with Gasteiger partial charge in [0.2, 0.25) is 6.39 Å². The molecule has 1 aromatic heterocycles. The molecule has 0 aliphatic rings. The van der Waals surface area contributed by atoms with Gasteiger partial charge in [-0.05, 0) is 24.6 Å². The van der Waals surface area contributed by atoms with Crippen molar-refractivity contribution in [1.29, 1.82) is 0 Å². The van der Waals surface area contributed by atoms with E-state index in [4.69, 9.17) is 4.74 Å². The maximum atomic E-state index is 13.6. The number of halogens is 1. The van der Waals surface area contributed by atoms with Crippen LogP contribution >= 0.6 is 0 Å². The lowest BCUT2D eigenvalue weighted by Gasteiger charge is -2.14. The van der Waals surface area contributed by atoms with Crippen LogP contribution in [0.3, 0.4) is 0 Å². The summed E-state index contributed by atoms with van der Waals surface area (Å²) >= 11 is 0. The average Bonchev–Trinajstić information content (AvgIpc) is 2.91. The molecule has 0 saturated carbocycles. The van der Waals surface area contributed by atoms with Gasteiger partial charge in [-0.3, -0.25) is 0 Å². The molecule has 6 heteroatoms. The lowest BCUT2D eigenvalue weighted by Crippen LogP contribution is -2.21. The molecule has 102 valence electrons. The third-order valence-corrected chi connectivity index (χ3v) is 2.88. The van der Waals surface area contributed by atoms with E-state index in [2.05, 4.69) is 20.0 Å². The van der Waals surface area contributed by atoms with Crippen LogP contribution in [0.1, 0.15) is 24.4 Å². The van der Waals surface area contributed by atoms with Gasteiger partial charge in [0.25, 0.3) is 0 Å². The molecule has 1 heterocycles. The van der Waals surface area contributed by atoms with Gasteiger partial charge in [-0.2, -0.15) is 4.98 Å². The Kier molecular flexibility index (Phi) is 4.46. The van der Waals surface area contributed by atoms with Gasteiger partial charge < -0.3 is 14.6 Å². The molecule has 2 aromatic rings. The average molecular weight is 265 g/mol. The predicted molar refractivity (Wildman–Crippen MR) is 67.4 cm³/mol. The van der Waals surface area contributed by atoms with Gasteiger partial charge in [0.05, 0.1) is 7.11 Å². The number of aromatic nitrogens is 2. The van der Waals surface area contributed by atoms with E-state index in [1.807, 2.05) is 13.0 Å². The Labute approximate surface area is 110 Å². The van der Waals surface area contributed by atoms with Crippen LogP contribution < -0.4 is 10.1 Å². The van der Waals surface area contributed by atoms with Crippen molar-refractivity contribution in [3.05, 3.63) is 41.8 Å². The summed E-state index contributed by atoms with van der Waals surface area (Å²) in [6.45, 7) is 2.66. The Balaban J connectivity index is 1.88. The molecule has 19 heavy (non-hydrogen) atoms. The highest BCUT2D eigenvalue weighted by Gasteiger charge is 2.09. The quantitative estimate of drug-likeness (QED) is 0.866. The third kappa shape index (κ3) is 3.51. The Morgan fingerprint density at radius 3 is 2.95 bits per heavy atom. The van der Waals surface area contributed by atoms with E-state index in [0.29, 0.717) is 18.8 Å². The van der Waals surface area contributed by atoms with Crippen LogP contribution in [0, 0.1) is 5.82 Å². The van der Waals surface area contributed by atoms with E-state index >= 15 is 0 Å². The van der Waals surface area contributed by atoms with E-state index < -0.39 is 0 Å². The monoisotopic (exact) mass is 265 g/mol. The van der Waals surface area contributed by atoms with Crippen molar-refractivity contribution in [1.82, 2.24) is 15.5 Å². The number of methoxy groups -OCH3 is 1. The molecule has 1 atom stereocenters. The molecule has 0 radical (unpaired) electrons. The number of nitrogens with zero attached hydrogens (tertiary/aromatic N) is 2. The van der Waals surface area contributed by atoms with E-state index in [1.165, 1.54) is 19.6 Å². The fourth-order valence-corrected chi connectivity index (χ4v) is 1.77. The molecule has 1 aromatic carbocycles. The van der Waals surface area contributed by atoms with Crippen LogP contribution in [0.25, 0.3) is 0 Å². The van der Waals surface area contributed by atoms with Crippen molar-refractivity contribution in [3.8, 4) is 5.75 Å². The zero-order valence-electron chi connectivity index (χ0n) is 10.9. The Bertz CT molecular complexity index is 517. The minimum Gasteiger partial charge on any atom is -0.494 e. The molecular formula is C13H16FN3O2. The summed E-state index contributed by atoms with van der Waals surface area (Å²) in [7, 11) is 1.45. The summed E-state index contributed by atoms with van der Waals surface area (Å²) in [4.78, 5) is 3.93. The lowest BCUT2D eigenvalue weighted by atomic mass is 10.1. The summed E-state index contributed by atoms with van der Waals surface area (Å²) in [5.74, 6) is 0.551. The Hall–Kier alpha value is -1.95. The third-order valence-electron chi connectivity index (χ3n) is 2.88. The molecule has 1 N–H and O–H groups in total. The molecule has 0 aliphatic heterocycles. The highest BCUT2D eigenvalue weighted by atomic mass is 19.1. The van der Waals surface area contributed by atoms with Gasteiger partial charge in [0, 0.05) is 19.0 Å². The van der Waals surface area contributed by atoms with Crippen LogP contribution in [0.5, 0.6) is 5.75 Å². The van der Waals surface area contributed by atoms with Crippen molar-refractivity contribution in [2.45, 2.75) is 19.4 Å². The van der Waals surface area contributed by atoms with Crippen molar-refractivity contribution in [2.75, 3.05) is 13.7 Å². The molecule has 0 amide bonds. The fraction of sp³-hybridized carbons (Fsp3) is 0.385. The number of hydrogen-bond acceptors (Lipinski definition) is 5. The number of benzene rings is 1. The lowest BCUT2D eigenvalue weighted by molar-refractivity contribution is 0.385. The van der Waals surface area contributed by atoms with Gasteiger partial charge in [-0.15, -0.1) is 0 Å². The standard InChI is InChI=1S/C13H16FN3O2/c1-9(15-6-5-13-16-8-19-17-13)10-3-4-12(18-2)11(14)7-10/h3-4,7-9,15H,5-6H2,1-2H3. The SMILES string of the molecule is COc1ccc(C(C)NCCc2ncon2)cc1F. The summed E-state index contributed by atoms with van der Waals surface area (Å²) in [5.41, 5.74) is 0.867. The molecule has 0 bridgehead atoms. The van der Waals surface area contributed by atoms with E-state index in [-0.39, 0.29) is 17.6 Å². The maximum Gasteiger partial charge on any atom is 0.213 e. The summed E-state index contributed by atoms with van der Waals surface area (Å²) in [6, 6.07) is 4.98. The topological polar surface area (TPSA) is 60.2 Å². The molecule has 0 saturated heterocycles. The predicted octanol–water partition coefficient (Wildman–Crippen LogP) is 2.11. The minimum absolute atomic E-state index is 0.0345. The highest BCUT2D eigenvalue weighted by molar-refractivity contribution is 5.30. The van der Waals surface area contributed by atoms with Crippen LogP contribution in [0.15, 0.2) is 29.1 Å². The summed E-state index contributed by atoms with van der Waals surface area (Å²) in [6.07, 6.45) is 1.97. The zero-order chi connectivity index (χ0) is 13.7. The first-order valence-electron chi connectivity index (χ1n) is 6.02. The summed E-state index contributed by atoms with van der Waals surface area (Å²) in [5, 5.41) is 6.99. The van der Waals surface area contributed by atoms with Gasteiger partial charge in [-0.1, -0.05) is 11.2 Å². The molecule has 0 aliphatic carbocycles. The molecule has 0 fully saturated rings. The Morgan fingerprint density at radius 2 is 2.32 bits per heavy atom. The molecule has 0 spiro atoms. The van der Waals surface area contributed by atoms with Gasteiger partial charge in [-0.25, -0.2) is 4.39 Å². The smallest absolute Gasteiger partial charge is 0.213 e.